The van der Waals surface area contributed by atoms with E-state index in [1.54, 1.807) is 11.1 Å². The summed E-state index contributed by atoms with van der Waals surface area (Å²) >= 11 is 0. The van der Waals surface area contributed by atoms with Crippen molar-refractivity contribution in [3.8, 4) is 0 Å². The molecular formula is C11H14N2. The molecular weight excluding hydrogens is 160 g/mol. The molecule has 2 nitrogen and oxygen atoms in total. The summed E-state index contributed by atoms with van der Waals surface area (Å²) in [5, 5.41) is 2.39. The van der Waals surface area contributed by atoms with Crippen molar-refractivity contribution in [1.82, 2.24) is 10.4 Å². The van der Waals surface area contributed by atoms with Crippen LogP contribution in [0.3, 0.4) is 0 Å². The molecule has 1 N–H and O–H groups in total. The zero-order chi connectivity index (χ0) is 8.67. The Hall–Kier alpha value is -0.860. The third-order valence-electron chi connectivity index (χ3n) is 3.15. The summed E-state index contributed by atoms with van der Waals surface area (Å²) in [6, 6.07) is 9.49. The van der Waals surface area contributed by atoms with Gasteiger partial charge in [0.1, 0.15) is 0 Å². The lowest BCUT2D eigenvalue weighted by molar-refractivity contribution is 0.177. The van der Waals surface area contributed by atoms with Crippen molar-refractivity contribution < 1.29 is 0 Å². The summed E-state index contributed by atoms with van der Waals surface area (Å²) < 4.78 is 0. The number of rotatable bonds is 0. The third kappa shape index (κ3) is 1.10. The molecule has 1 aromatic carbocycles. The van der Waals surface area contributed by atoms with E-state index in [4.69, 9.17) is 0 Å². The summed E-state index contributed by atoms with van der Waals surface area (Å²) in [6.07, 6.45) is 2.46. The zero-order valence-corrected chi connectivity index (χ0v) is 7.66. The maximum atomic E-state index is 3.43. The highest BCUT2D eigenvalue weighted by Crippen LogP contribution is 2.33. The van der Waals surface area contributed by atoms with Crippen molar-refractivity contribution in [1.29, 1.82) is 0 Å². The van der Waals surface area contributed by atoms with Crippen molar-refractivity contribution in [3.05, 3.63) is 35.4 Å². The molecule has 0 bridgehead atoms. The van der Waals surface area contributed by atoms with Crippen LogP contribution in [0.2, 0.25) is 0 Å². The van der Waals surface area contributed by atoms with Gasteiger partial charge in [-0.3, -0.25) is 5.43 Å². The third-order valence-corrected chi connectivity index (χ3v) is 3.15. The first-order chi connectivity index (χ1) is 6.45. The molecule has 0 aromatic heterocycles. The standard InChI is InChI=1S/C11H14N2/c1-2-4-10-9(3-1)6-8-13-11(10)5-7-12-13/h1-4,11-12H,5-8H2. The van der Waals surface area contributed by atoms with Crippen LogP contribution in [0.25, 0.3) is 0 Å². The normalized spacial score (nSPS) is 26.9. The maximum Gasteiger partial charge on any atom is 0.0508 e. The Labute approximate surface area is 78.5 Å². The highest BCUT2D eigenvalue weighted by molar-refractivity contribution is 5.32. The number of hydrogen-bond acceptors (Lipinski definition) is 2. The lowest BCUT2D eigenvalue weighted by Gasteiger charge is -2.31. The van der Waals surface area contributed by atoms with Crippen LogP contribution in [-0.4, -0.2) is 18.1 Å². The van der Waals surface area contributed by atoms with Crippen LogP contribution < -0.4 is 5.43 Å². The molecule has 13 heavy (non-hydrogen) atoms. The minimum absolute atomic E-state index is 0.643. The smallest absolute Gasteiger partial charge is 0.0508 e. The molecule has 2 heterocycles. The fourth-order valence-corrected chi connectivity index (χ4v) is 2.50. The number of fused-ring (bicyclic) bond motifs is 3. The molecule has 2 aliphatic heterocycles. The second kappa shape index (κ2) is 2.82. The summed E-state index contributed by atoms with van der Waals surface area (Å²) in [5.74, 6) is 0. The van der Waals surface area contributed by atoms with Crippen LogP contribution in [0.4, 0.5) is 0 Å². The van der Waals surface area contributed by atoms with E-state index in [9.17, 15) is 0 Å². The predicted octanol–water partition coefficient (Wildman–Crippen LogP) is 1.49. The molecule has 0 radical (unpaired) electrons. The molecule has 0 spiro atoms. The van der Waals surface area contributed by atoms with Gasteiger partial charge in [0.05, 0.1) is 6.04 Å². The molecule has 3 rings (SSSR count). The van der Waals surface area contributed by atoms with E-state index >= 15 is 0 Å². The Morgan fingerprint density at radius 3 is 3.23 bits per heavy atom. The van der Waals surface area contributed by atoms with Gasteiger partial charge < -0.3 is 0 Å². The van der Waals surface area contributed by atoms with E-state index in [1.165, 1.54) is 19.4 Å². The summed E-state index contributed by atoms with van der Waals surface area (Å²) in [4.78, 5) is 0. The Kier molecular flexibility index (Phi) is 1.64. The molecule has 1 saturated heterocycles. The first kappa shape index (κ1) is 7.54. The van der Waals surface area contributed by atoms with Crippen molar-refractivity contribution in [3.63, 3.8) is 0 Å². The molecule has 68 valence electrons. The Balaban J connectivity index is 2.06. The number of nitrogens with zero attached hydrogens (tertiary/aromatic N) is 1. The molecule has 0 amide bonds. The van der Waals surface area contributed by atoms with E-state index in [0.29, 0.717) is 6.04 Å². The minimum atomic E-state index is 0.643. The van der Waals surface area contributed by atoms with Gasteiger partial charge in [0.15, 0.2) is 0 Å². The molecule has 0 saturated carbocycles. The highest BCUT2D eigenvalue weighted by atomic mass is 15.5. The number of benzene rings is 1. The van der Waals surface area contributed by atoms with Gasteiger partial charge in [-0.2, -0.15) is 0 Å². The van der Waals surface area contributed by atoms with Crippen molar-refractivity contribution in [2.24, 2.45) is 0 Å². The fourth-order valence-electron chi connectivity index (χ4n) is 2.50. The van der Waals surface area contributed by atoms with Crippen LogP contribution in [0.1, 0.15) is 23.6 Å². The lowest BCUT2D eigenvalue weighted by atomic mass is 9.93. The van der Waals surface area contributed by atoms with Crippen LogP contribution >= 0.6 is 0 Å². The van der Waals surface area contributed by atoms with Crippen LogP contribution in [0.15, 0.2) is 24.3 Å². The van der Waals surface area contributed by atoms with E-state index in [0.717, 1.165) is 6.54 Å². The summed E-state index contributed by atoms with van der Waals surface area (Å²) in [7, 11) is 0. The van der Waals surface area contributed by atoms with Gasteiger partial charge in [-0.05, 0) is 24.0 Å². The monoisotopic (exact) mass is 174 g/mol. The van der Waals surface area contributed by atoms with Crippen LogP contribution in [0, 0.1) is 0 Å². The SMILES string of the molecule is c1ccc2c(c1)CCN1NCCC21. The Morgan fingerprint density at radius 2 is 2.23 bits per heavy atom. The van der Waals surface area contributed by atoms with Crippen LogP contribution in [-0.2, 0) is 6.42 Å². The summed E-state index contributed by atoms with van der Waals surface area (Å²) in [6.45, 7) is 2.31. The van der Waals surface area contributed by atoms with E-state index < -0.39 is 0 Å². The lowest BCUT2D eigenvalue weighted by Crippen LogP contribution is -2.37. The van der Waals surface area contributed by atoms with Crippen molar-refractivity contribution >= 4 is 0 Å². The Morgan fingerprint density at radius 1 is 1.31 bits per heavy atom. The van der Waals surface area contributed by atoms with Gasteiger partial charge in [-0.15, -0.1) is 0 Å². The van der Waals surface area contributed by atoms with Gasteiger partial charge in [-0.25, -0.2) is 5.01 Å². The second-order valence-corrected chi connectivity index (χ2v) is 3.85. The largest absolute Gasteiger partial charge is 0.255 e. The molecule has 1 unspecified atom stereocenters. The highest BCUT2D eigenvalue weighted by Gasteiger charge is 2.30. The molecule has 1 aromatic rings. The molecule has 2 heteroatoms. The van der Waals surface area contributed by atoms with Gasteiger partial charge in [-0.1, -0.05) is 24.3 Å². The predicted molar refractivity (Wildman–Crippen MR) is 52.2 cm³/mol. The molecule has 1 fully saturated rings. The minimum Gasteiger partial charge on any atom is -0.255 e. The zero-order valence-electron chi connectivity index (χ0n) is 7.66. The van der Waals surface area contributed by atoms with Gasteiger partial charge in [0, 0.05) is 13.1 Å². The number of hydrogen-bond donors (Lipinski definition) is 1. The topological polar surface area (TPSA) is 15.3 Å². The van der Waals surface area contributed by atoms with Gasteiger partial charge in [0.25, 0.3) is 0 Å². The van der Waals surface area contributed by atoms with Gasteiger partial charge in [0.2, 0.25) is 0 Å². The summed E-state index contributed by atoms with van der Waals surface area (Å²) in [5.41, 5.74) is 6.52. The fraction of sp³-hybridized carbons (Fsp3) is 0.455. The average molecular weight is 174 g/mol. The van der Waals surface area contributed by atoms with Crippen molar-refractivity contribution in [2.45, 2.75) is 18.9 Å². The second-order valence-electron chi connectivity index (χ2n) is 3.85. The number of hydrazine groups is 1. The average Bonchev–Trinajstić information content (AvgIpc) is 2.65. The van der Waals surface area contributed by atoms with Crippen LogP contribution in [0.5, 0.6) is 0 Å². The van der Waals surface area contributed by atoms with E-state index in [1.807, 2.05) is 0 Å². The van der Waals surface area contributed by atoms with Crippen molar-refractivity contribution in [2.75, 3.05) is 13.1 Å². The van der Waals surface area contributed by atoms with Gasteiger partial charge >= 0.3 is 0 Å². The molecule has 2 aliphatic rings. The van der Waals surface area contributed by atoms with E-state index in [-0.39, 0.29) is 0 Å². The molecule has 1 atom stereocenters. The number of nitrogens with one attached hydrogen (secondary N) is 1. The first-order valence-electron chi connectivity index (χ1n) is 5.03. The quantitative estimate of drug-likeness (QED) is 0.641. The maximum absolute atomic E-state index is 3.43. The first-order valence-corrected chi connectivity index (χ1v) is 5.03. The molecule has 0 aliphatic carbocycles. The van der Waals surface area contributed by atoms with E-state index in [2.05, 4.69) is 34.7 Å². The Bertz CT molecular complexity index is 322.